The molecule has 2 aromatic carbocycles. The molecule has 2 aromatic rings. The maximum absolute atomic E-state index is 9.91. The predicted octanol–water partition coefficient (Wildman–Crippen LogP) is 4.18. The van der Waals surface area contributed by atoms with Crippen molar-refractivity contribution < 1.29 is 5.11 Å². The minimum Gasteiger partial charge on any atom is -0.507 e. The quantitative estimate of drug-likeness (QED) is 0.487. The highest BCUT2D eigenvalue weighted by Crippen LogP contribution is 2.30. The molecule has 0 heterocycles. The van der Waals surface area contributed by atoms with Crippen molar-refractivity contribution in [1.29, 1.82) is 0 Å². The third-order valence-corrected chi connectivity index (χ3v) is 2.79. The van der Waals surface area contributed by atoms with Crippen LogP contribution >= 0.6 is 0 Å². The Labute approximate surface area is 105 Å². The summed E-state index contributed by atoms with van der Waals surface area (Å²) in [6, 6.07) is 13.7. The van der Waals surface area contributed by atoms with Gasteiger partial charge in [-0.2, -0.15) is 0 Å². The number of aromatic hydroxyl groups is 1. The van der Waals surface area contributed by atoms with Crippen LogP contribution in [0.5, 0.6) is 5.75 Å². The van der Waals surface area contributed by atoms with E-state index in [-0.39, 0.29) is 12.3 Å². The van der Waals surface area contributed by atoms with Crippen molar-refractivity contribution in [1.82, 2.24) is 0 Å². The number of hydrogen-bond donors (Lipinski definition) is 1. The number of rotatable bonds is 3. The van der Waals surface area contributed by atoms with Crippen molar-refractivity contribution in [2.45, 2.75) is 13.5 Å². The molecule has 0 aliphatic carbocycles. The Morgan fingerprint density at radius 2 is 1.89 bits per heavy atom. The van der Waals surface area contributed by atoms with E-state index in [9.17, 15) is 5.11 Å². The first-order valence-corrected chi connectivity index (χ1v) is 5.61. The third-order valence-electron chi connectivity index (χ3n) is 2.79. The average molecular weight is 239 g/mol. The third kappa shape index (κ3) is 2.44. The fourth-order valence-electron chi connectivity index (χ4n) is 1.88. The molecule has 0 aliphatic rings. The van der Waals surface area contributed by atoms with Crippen LogP contribution in [0.4, 0.5) is 0 Å². The number of azide groups is 1. The Hall–Kier alpha value is -2.45. The molecule has 0 fully saturated rings. The van der Waals surface area contributed by atoms with Crippen LogP contribution < -0.4 is 0 Å². The van der Waals surface area contributed by atoms with E-state index in [4.69, 9.17) is 5.53 Å². The van der Waals surface area contributed by atoms with Gasteiger partial charge in [0, 0.05) is 10.5 Å². The zero-order valence-corrected chi connectivity index (χ0v) is 10.0. The van der Waals surface area contributed by atoms with Crippen LogP contribution in [0.15, 0.2) is 47.6 Å². The minimum absolute atomic E-state index is 0.157. The molecule has 0 aromatic heterocycles. The fraction of sp³-hybridized carbons (Fsp3) is 0.143. The zero-order chi connectivity index (χ0) is 13.0. The normalized spacial score (nSPS) is 9.83. The molecule has 4 heteroatoms. The average Bonchev–Trinajstić information content (AvgIpc) is 2.41. The van der Waals surface area contributed by atoms with Crippen molar-refractivity contribution in [2.75, 3.05) is 0 Å². The maximum Gasteiger partial charge on any atom is 0.121 e. The second-order valence-corrected chi connectivity index (χ2v) is 4.06. The van der Waals surface area contributed by atoms with Crippen LogP contribution in [-0.4, -0.2) is 5.11 Å². The number of hydrogen-bond acceptors (Lipinski definition) is 2. The van der Waals surface area contributed by atoms with E-state index in [0.29, 0.717) is 5.56 Å². The van der Waals surface area contributed by atoms with Crippen LogP contribution in [0, 0.1) is 6.92 Å². The smallest absolute Gasteiger partial charge is 0.121 e. The number of benzene rings is 2. The van der Waals surface area contributed by atoms with Crippen LogP contribution in [-0.2, 0) is 6.54 Å². The molecule has 0 aliphatic heterocycles. The van der Waals surface area contributed by atoms with Gasteiger partial charge in [0.05, 0.1) is 6.54 Å². The Morgan fingerprint density at radius 1 is 1.17 bits per heavy atom. The summed E-state index contributed by atoms with van der Waals surface area (Å²) < 4.78 is 0. The van der Waals surface area contributed by atoms with Gasteiger partial charge < -0.3 is 5.11 Å². The molecular weight excluding hydrogens is 226 g/mol. The maximum atomic E-state index is 9.91. The topological polar surface area (TPSA) is 69.0 Å². The van der Waals surface area contributed by atoms with Gasteiger partial charge in [-0.15, -0.1) is 0 Å². The second-order valence-electron chi connectivity index (χ2n) is 4.06. The standard InChI is InChI=1S/C14H13N3O/c1-10-7-12(11-5-3-2-4-6-11)8-13(14(10)18)9-16-17-15/h2-8,18H,9H2,1H3. The second kappa shape index (κ2) is 5.25. The van der Waals surface area contributed by atoms with E-state index in [1.165, 1.54) is 0 Å². The van der Waals surface area contributed by atoms with Gasteiger partial charge in [0.15, 0.2) is 0 Å². The van der Waals surface area contributed by atoms with Crippen LogP contribution in [0.2, 0.25) is 0 Å². The molecule has 4 nitrogen and oxygen atoms in total. The summed E-state index contributed by atoms with van der Waals surface area (Å²) in [5.41, 5.74) is 11.9. The molecule has 0 unspecified atom stereocenters. The van der Waals surface area contributed by atoms with Crippen molar-refractivity contribution in [3.63, 3.8) is 0 Å². The van der Waals surface area contributed by atoms with Gasteiger partial charge in [0.2, 0.25) is 0 Å². The Morgan fingerprint density at radius 3 is 2.56 bits per heavy atom. The highest BCUT2D eigenvalue weighted by atomic mass is 16.3. The van der Waals surface area contributed by atoms with Crippen LogP contribution in [0.1, 0.15) is 11.1 Å². The van der Waals surface area contributed by atoms with Gasteiger partial charge in [-0.25, -0.2) is 0 Å². The molecule has 0 atom stereocenters. The summed E-state index contributed by atoms with van der Waals surface area (Å²) in [5, 5.41) is 13.4. The molecule has 1 N–H and O–H groups in total. The Balaban J connectivity index is 2.50. The first kappa shape index (κ1) is 12.0. The lowest BCUT2D eigenvalue weighted by atomic mass is 9.99. The van der Waals surface area contributed by atoms with Gasteiger partial charge in [-0.3, -0.25) is 0 Å². The first-order valence-electron chi connectivity index (χ1n) is 5.61. The van der Waals surface area contributed by atoms with Gasteiger partial charge >= 0.3 is 0 Å². The van der Waals surface area contributed by atoms with Gasteiger partial charge in [-0.1, -0.05) is 35.4 Å². The van der Waals surface area contributed by atoms with Crippen molar-refractivity contribution in [3.8, 4) is 16.9 Å². The molecule has 18 heavy (non-hydrogen) atoms. The van der Waals surface area contributed by atoms with Crippen LogP contribution in [0.25, 0.3) is 21.6 Å². The SMILES string of the molecule is Cc1cc(-c2ccccc2)cc(CN=[N+]=[N-])c1O. The van der Waals surface area contributed by atoms with Crippen molar-refractivity contribution >= 4 is 0 Å². The van der Waals surface area contributed by atoms with E-state index in [1.807, 2.05) is 49.4 Å². The van der Waals surface area contributed by atoms with E-state index in [0.717, 1.165) is 16.7 Å². The lowest BCUT2D eigenvalue weighted by molar-refractivity contribution is 0.464. The fourth-order valence-corrected chi connectivity index (χ4v) is 1.88. The number of aryl methyl sites for hydroxylation is 1. The minimum atomic E-state index is 0.157. The molecule has 0 radical (unpaired) electrons. The Kier molecular flexibility index (Phi) is 3.51. The monoisotopic (exact) mass is 239 g/mol. The highest BCUT2D eigenvalue weighted by Gasteiger charge is 2.07. The van der Waals surface area contributed by atoms with E-state index >= 15 is 0 Å². The van der Waals surface area contributed by atoms with Gasteiger partial charge in [0.1, 0.15) is 5.75 Å². The van der Waals surface area contributed by atoms with E-state index < -0.39 is 0 Å². The summed E-state index contributed by atoms with van der Waals surface area (Å²) in [5.74, 6) is 0.196. The van der Waals surface area contributed by atoms with E-state index in [1.54, 1.807) is 0 Å². The number of nitrogens with zero attached hydrogens (tertiary/aromatic N) is 3. The molecule has 90 valence electrons. The van der Waals surface area contributed by atoms with Crippen molar-refractivity contribution in [3.05, 3.63) is 64.0 Å². The van der Waals surface area contributed by atoms with Gasteiger partial charge in [-0.05, 0) is 41.3 Å². The molecule has 0 saturated carbocycles. The summed E-state index contributed by atoms with van der Waals surface area (Å²) in [6.07, 6.45) is 0. The van der Waals surface area contributed by atoms with Gasteiger partial charge in [0.25, 0.3) is 0 Å². The molecular formula is C14H13N3O. The molecule has 0 spiro atoms. The zero-order valence-electron chi connectivity index (χ0n) is 10.0. The lowest BCUT2D eigenvalue weighted by Gasteiger charge is -2.09. The number of phenolic OH excluding ortho intramolecular Hbond substituents is 1. The van der Waals surface area contributed by atoms with Crippen LogP contribution in [0.3, 0.4) is 0 Å². The molecule has 0 amide bonds. The summed E-state index contributed by atoms with van der Waals surface area (Å²) in [4.78, 5) is 2.72. The highest BCUT2D eigenvalue weighted by molar-refractivity contribution is 5.67. The van der Waals surface area contributed by atoms with E-state index in [2.05, 4.69) is 10.0 Å². The summed E-state index contributed by atoms with van der Waals surface area (Å²) in [7, 11) is 0. The first-order chi connectivity index (χ1) is 8.72. The van der Waals surface area contributed by atoms with Crippen molar-refractivity contribution in [2.24, 2.45) is 5.11 Å². The summed E-state index contributed by atoms with van der Waals surface area (Å²) >= 11 is 0. The summed E-state index contributed by atoms with van der Waals surface area (Å²) in [6.45, 7) is 1.99. The lowest BCUT2D eigenvalue weighted by Crippen LogP contribution is -1.88. The molecule has 0 saturated heterocycles. The molecule has 2 rings (SSSR count). The number of phenols is 1. The largest absolute Gasteiger partial charge is 0.507 e. The Bertz CT molecular complexity index is 602. The molecule has 0 bridgehead atoms. The predicted molar refractivity (Wildman–Crippen MR) is 71.1 cm³/mol.